The first-order valence-corrected chi connectivity index (χ1v) is 7.79. The first kappa shape index (κ1) is 17.5. The first-order valence-electron chi connectivity index (χ1n) is 7.79. The van der Waals surface area contributed by atoms with Crippen LogP contribution < -0.4 is 5.32 Å². The number of allylic oxidation sites excluding steroid dienone is 2. The van der Waals surface area contributed by atoms with Gasteiger partial charge in [0.1, 0.15) is 0 Å². The van der Waals surface area contributed by atoms with Crippen LogP contribution in [0.1, 0.15) is 52.0 Å². The summed E-state index contributed by atoms with van der Waals surface area (Å²) in [5.41, 5.74) is 5.20. The predicted molar refractivity (Wildman–Crippen MR) is 92.9 cm³/mol. The summed E-state index contributed by atoms with van der Waals surface area (Å²) < 4.78 is 0. The van der Waals surface area contributed by atoms with Gasteiger partial charge in [-0.15, -0.1) is 0 Å². The average molecular weight is 287 g/mol. The normalized spacial score (nSPS) is 12.9. The maximum atomic E-state index is 8.82. The summed E-state index contributed by atoms with van der Waals surface area (Å²) >= 11 is 0. The molecule has 0 saturated carbocycles. The van der Waals surface area contributed by atoms with E-state index in [-0.39, 0.29) is 6.61 Å². The second-order valence-electron chi connectivity index (χ2n) is 5.92. The van der Waals surface area contributed by atoms with Crippen LogP contribution in [-0.2, 0) is 0 Å². The second-order valence-corrected chi connectivity index (χ2v) is 5.92. The molecule has 0 saturated heterocycles. The van der Waals surface area contributed by atoms with Crippen LogP contribution >= 0.6 is 0 Å². The fourth-order valence-corrected chi connectivity index (χ4v) is 2.27. The molecule has 2 heteroatoms. The molecule has 2 nitrogen and oxygen atoms in total. The fourth-order valence-electron chi connectivity index (χ4n) is 2.27. The lowest BCUT2D eigenvalue weighted by Crippen LogP contribution is -2.06. The zero-order valence-electron chi connectivity index (χ0n) is 13.8. The maximum absolute atomic E-state index is 8.82. The van der Waals surface area contributed by atoms with Crippen LogP contribution in [0.4, 0.5) is 5.69 Å². The van der Waals surface area contributed by atoms with Crippen LogP contribution in [0.25, 0.3) is 0 Å². The number of aliphatic hydroxyl groups is 1. The summed E-state index contributed by atoms with van der Waals surface area (Å²) in [6.07, 6.45) is 6.20. The summed E-state index contributed by atoms with van der Waals surface area (Å²) in [5, 5.41) is 12.4. The zero-order chi connectivity index (χ0) is 15.7. The van der Waals surface area contributed by atoms with Crippen molar-refractivity contribution in [2.45, 2.75) is 46.5 Å². The van der Waals surface area contributed by atoms with Crippen molar-refractivity contribution in [2.24, 2.45) is 0 Å². The Bertz CT molecular complexity index is 486. The van der Waals surface area contributed by atoms with Crippen LogP contribution in [0.2, 0.25) is 0 Å². The van der Waals surface area contributed by atoms with Crippen LogP contribution in [-0.4, -0.2) is 18.3 Å². The van der Waals surface area contributed by atoms with E-state index in [4.69, 9.17) is 5.11 Å². The maximum Gasteiger partial charge on any atom is 0.0614 e. The lowest BCUT2D eigenvalue weighted by molar-refractivity contribution is 0.341. The molecule has 0 fully saturated rings. The van der Waals surface area contributed by atoms with Gasteiger partial charge in [-0.1, -0.05) is 55.3 Å². The number of para-hydroxylation sites is 1. The van der Waals surface area contributed by atoms with Gasteiger partial charge in [-0.05, 0) is 44.2 Å². The van der Waals surface area contributed by atoms with Crippen molar-refractivity contribution in [3.05, 3.63) is 53.1 Å². The molecule has 0 radical (unpaired) electrons. The lowest BCUT2D eigenvalue weighted by Gasteiger charge is -2.14. The van der Waals surface area contributed by atoms with Crippen LogP contribution in [0.3, 0.4) is 0 Å². The Balaban J connectivity index is 2.49. The highest BCUT2D eigenvalue weighted by Gasteiger charge is 2.04. The third-order valence-corrected chi connectivity index (χ3v) is 3.61. The van der Waals surface area contributed by atoms with Gasteiger partial charge >= 0.3 is 0 Å². The summed E-state index contributed by atoms with van der Waals surface area (Å²) in [4.78, 5) is 0. The quantitative estimate of drug-likeness (QED) is 0.667. The monoisotopic (exact) mass is 287 g/mol. The highest BCUT2D eigenvalue weighted by molar-refractivity contribution is 5.53. The van der Waals surface area contributed by atoms with Gasteiger partial charge in [0.05, 0.1) is 6.61 Å². The van der Waals surface area contributed by atoms with Crippen molar-refractivity contribution < 1.29 is 5.11 Å². The molecule has 21 heavy (non-hydrogen) atoms. The van der Waals surface area contributed by atoms with Crippen molar-refractivity contribution >= 4 is 5.69 Å². The van der Waals surface area contributed by atoms with Crippen molar-refractivity contribution in [2.75, 3.05) is 18.5 Å². The smallest absolute Gasteiger partial charge is 0.0614 e. The number of rotatable bonds is 8. The van der Waals surface area contributed by atoms with Gasteiger partial charge in [0, 0.05) is 12.2 Å². The molecule has 0 amide bonds. The Kier molecular flexibility index (Phi) is 7.84. The Hall–Kier alpha value is -1.54. The molecule has 0 bridgehead atoms. The van der Waals surface area contributed by atoms with Gasteiger partial charge < -0.3 is 10.4 Å². The molecule has 2 N–H and O–H groups in total. The van der Waals surface area contributed by atoms with Crippen molar-refractivity contribution in [3.8, 4) is 0 Å². The molecule has 0 atom stereocenters. The summed E-state index contributed by atoms with van der Waals surface area (Å²) in [7, 11) is 0. The molecular weight excluding hydrogens is 258 g/mol. The van der Waals surface area contributed by atoms with Gasteiger partial charge in [-0.25, -0.2) is 0 Å². The molecule has 1 aromatic rings. The van der Waals surface area contributed by atoms with Gasteiger partial charge in [-0.3, -0.25) is 0 Å². The number of hydrogen-bond acceptors (Lipinski definition) is 2. The van der Waals surface area contributed by atoms with E-state index in [2.05, 4.69) is 63.4 Å². The second kappa shape index (κ2) is 9.41. The third-order valence-electron chi connectivity index (χ3n) is 3.61. The van der Waals surface area contributed by atoms with E-state index in [1.165, 1.54) is 22.4 Å². The first-order chi connectivity index (χ1) is 10.0. The van der Waals surface area contributed by atoms with E-state index in [0.717, 1.165) is 19.4 Å². The molecule has 0 aromatic heterocycles. The van der Waals surface area contributed by atoms with E-state index in [0.29, 0.717) is 5.92 Å². The molecule has 0 heterocycles. The Labute approximate surface area is 129 Å². The van der Waals surface area contributed by atoms with E-state index in [1.54, 1.807) is 0 Å². The molecule has 0 aliphatic rings. The summed E-state index contributed by atoms with van der Waals surface area (Å²) in [6, 6.07) is 8.52. The average Bonchev–Trinajstić information content (AvgIpc) is 2.45. The van der Waals surface area contributed by atoms with Crippen LogP contribution in [0.5, 0.6) is 0 Å². The fraction of sp³-hybridized carbons (Fsp3) is 0.474. The van der Waals surface area contributed by atoms with Gasteiger partial charge in [0.2, 0.25) is 0 Å². The van der Waals surface area contributed by atoms with E-state index in [9.17, 15) is 0 Å². The van der Waals surface area contributed by atoms with Crippen molar-refractivity contribution in [3.63, 3.8) is 0 Å². The molecule has 0 spiro atoms. The zero-order valence-corrected chi connectivity index (χ0v) is 13.8. The van der Waals surface area contributed by atoms with Crippen molar-refractivity contribution in [1.29, 1.82) is 0 Å². The lowest BCUT2D eigenvalue weighted by atomic mass is 10.0. The minimum Gasteiger partial charge on any atom is -0.392 e. The number of nitrogens with one attached hydrogen (secondary N) is 1. The predicted octanol–water partition coefficient (Wildman–Crippen LogP) is 4.89. The molecule has 0 aliphatic carbocycles. The summed E-state index contributed by atoms with van der Waals surface area (Å²) in [5.74, 6) is 0.532. The molecule has 1 rings (SSSR count). The van der Waals surface area contributed by atoms with E-state index >= 15 is 0 Å². The highest BCUT2D eigenvalue weighted by atomic mass is 16.2. The molecule has 0 aliphatic heterocycles. The van der Waals surface area contributed by atoms with E-state index in [1.807, 2.05) is 6.08 Å². The number of benzene rings is 1. The Morgan fingerprint density at radius 1 is 1.14 bits per heavy atom. The largest absolute Gasteiger partial charge is 0.392 e. The van der Waals surface area contributed by atoms with Crippen molar-refractivity contribution in [1.82, 2.24) is 0 Å². The third kappa shape index (κ3) is 6.63. The molecular formula is C19H29NO. The molecule has 116 valence electrons. The molecule has 0 unspecified atom stereocenters. The van der Waals surface area contributed by atoms with Crippen LogP contribution in [0.15, 0.2) is 47.6 Å². The summed E-state index contributed by atoms with van der Waals surface area (Å²) in [6.45, 7) is 9.69. The van der Waals surface area contributed by atoms with Crippen LogP contribution in [0, 0.1) is 0 Å². The van der Waals surface area contributed by atoms with Gasteiger partial charge in [0.25, 0.3) is 0 Å². The Morgan fingerprint density at radius 3 is 2.52 bits per heavy atom. The highest BCUT2D eigenvalue weighted by Crippen LogP contribution is 2.23. The number of hydrogen-bond donors (Lipinski definition) is 2. The minimum absolute atomic E-state index is 0.141. The molecule has 1 aromatic carbocycles. The SMILES string of the molecule is C/C(=C\CO)CC/C=C(\C)CNc1ccccc1C(C)C. The number of aliphatic hydroxyl groups excluding tert-OH is 1. The minimum atomic E-state index is 0.141. The number of anilines is 1. The van der Waals surface area contributed by atoms with E-state index < -0.39 is 0 Å². The standard InChI is InChI=1S/C19H29NO/c1-15(2)18-10-5-6-11-19(18)20-14-17(4)9-7-8-16(3)12-13-21/h5-6,9-12,15,20-21H,7-8,13-14H2,1-4H3/b16-12+,17-9+. The topological polar surface area (TPSA) is 32.3 Å². The Morgan fingerprint density at radius 2 is 1.86 bits per heavy atom. The van der Waals surface area contributed by atoms with Gasteiger partial charge in [-0.2, -0.15) is 0 Å². The van der Waals surface area contributed by atoms with Gasteiger partial charge in [0.15, 0.2) is 0 Å².